The van der Waals surface area contributed by atoms with E-state index >= 15 is 0 Å². The number of hydrogen-bond donors (Lipinski definition) is 1. The van der Waals surface area contributed by atoms with Crippen LogP contribution in [0.25, 0.3) is 0 Å². The number of rotatable bonds is 3. The van der Waals surface area contributed by atoms with E-state index in [1.807, 2.05) is 12.3 Å². The Balaban J connectivity index is 2.72. The van der Waals surface area contributed by atoms with Crippen LogP contribution in [0.2, 0.25) is 0 Å². The summed E-state index contributed by atoms with van der Waals surface area (Å²) >= 11 is 1.67. The number of thioether (sulfide) groups is 1. The fraction of sp³-hybridized carbons (Fsp3) is 0.500. The van der Waals surface area contributed by atoms with E-state index in [-0.39, 0.29) is 0 Å². The van der Waals surface area contributed by atoms with Gasteiger partial charge in [0.1, 0.15) is 5.82 Å². The lowest BCUT2D eigenvalue weighted by Crippen LogP contribution is -2.11. The highest BCUT2D eigenvalue weighted by molar-refractivity contribution is 7.98. The third-order valence-electron chi connectivity index (χ3n) is 1.30. The number of nitrogens with zero attached hydrogens (tertiary/aromatic N) is 2. The van der Waals surface area contributed by atoms with Crippen molar-refractivity contribution in [3.63, 3.8) is 0 Å². The zero-order chi connectivity index (χ0) is 8.97. The van der Waals surface area contributed by atoms with Crippen LogP contribution < -0.4 is 5.32 Å². The maximum absolute atomic E-state index is 3.95. The molecule has 0 radical (unpaired) electrons. The number of aromatic nitrogens is 2. The zero-order valence-corrected chi connectivity index (χ0v) is 8.35. The van der Waals surface area contributed by atoms with E-state index in [2.05, 4.69) is 29.4 Å². The first kappa shape index (κ1) is 9.32. The molecule has 1 rings (SSSR count). The normalized spacial score (nSPS) is 10.3. The van der Waals surface area contributed by atoms with Gasteiger partial charge in [-0.2, -0.15) is 5.10 Å². The molecule has 1 aromatic rings. The third kappa shape index (κ3) is 2.70. The minimum Gasteiger partial charge on any atom is -0.366 e. The summed E-state index contributed by atoms with van der Waals surface area (Å²) in [5, 5.41) is 11.0. The number of hydrogen-bond acceptors (Lipinski definition) is 4. The fourth-order valence-corrected chi connectivity index (χ4v) is 1.21. The van der Waals surface area contributed by atoms with Crippen molar-refractivity contribution >= 4 is 17.6 Å². The molecule has 0 amide bonds. The maximum atomic E-state index is 3.95. The molecule has 0 aliphatic rings. The Labute approximate surface area is 77.0 Å². The molecule has 0 spiro atoms. The Kier molecular flexibility index (Phi) is 3.34. The Morgan fingerprint density at radius 2 is 2.25 bits per heavy atom. The van der Waals surface area contributed by atoms with Gasteiger partial charge in [-0.1, -0.05) is 0 Å². The predicted octanol–water partition coefficient (Wildman–Crippen LogP) is 2.02. The molecule has 0 atom stereocenters. The highest BCUT2D eigenvalue weighted by atomic mass is 32.2. The van der Waals surface area contributed by atoms with E-state index in [1.54, 1.807) is 18.0 Å². The third-order valence-corrected chi connectivity index (χ3v) is 2.00. The molecule has 0 fully saturated rings. The van der Waals surface area contributed by atoms with Gasteiger partial charge in [0.15, 0.2) is 0 Å². The minimum absolute atomic E-state index is 0.399. The molecule has 0 bridgehead atoms. The van der Waals surface area contributed by atoms with Crippen molar-refractivity contribution in [2.75, 3.05) is 11.6 Å². The van der Waals surface area contributed by atoms with Gasteiger partial charge < -0.3 is 5.32 Å². The van der Waals surface area contributed by atoms with E-state index in [0.29, 0.717) is 6.04 Å². The molecule has 0 saturated carbocycles. The SMILES string of the molecule is CSc1cnnc(NC(C)C)c1. The first-order chi connectivity index (χ1) is 5.72. The molecule has 66 valence electrons. The minimum atomic E-state index is 0.399. The summed E-state index contributed by atoms with van der Waals surface area (Å²) in [7, 11) is 0. The molecule has 0 aliphatic carbocycles. The van der Waals surface area contributed by atoms with E-state index in [1.165, 1.54) is 0 Å². The average molecular weight is 183 g/mol. The van der Waals surface area contributed by atoms with Crippen LogP contribution in [-0.2, 0) is 0 Å². The Morgan fingerprint density at radius 1 is 1.50 bits per heavy atom. The summed E-state index contributed by atoms with van der Waals surface area (Å²) in [6, 6.07) is 2.40. The molecule has 12 heavy (non-hydrogen) atoms. The summed E-state index contributed by atoms with van der Waals surface area (Å²) < 4.78 is 0. The van der Waals surface area contributed by atoms with Crippen LogP contribution in [0.3, 0.4) is 0 Å². The van der Waals surface area contributed by atoms with Crippen molar-refractivity contribution < 1.29 is 0 Å². The van der Waals surface area contributed by atoms with E-state index in [4.69, 9.17) is 0 Å². The van der Waals surface area contributed by atoms with Crippen molar-refractivity contribution in [1.82, 2.24) is 10.2 Å². The average Bonchev–Trinajstić information content (AvgIpc) is 2.03. The van der Waals surface area contributed by atoms with Gasteiger partial charge >= 0.3 is 0 Å². The summed E-state index contributed by atoms with van der Waals surface area (Å²) in [5.74, 6) is 0.844. The maximum Gasteiger partial charge on any atom is 0.149 e. The van der Waals surface area contributed by atoms with Crippen molar-refractivity contribution in [1.29, 1.82) is 0 Å². The number of nitrogens with one attached hydrogen (secondary N) is 1. The molecule has 1 aromatic heterocycles. The Bertz CT molecular complexity index is 250. The Hall–Kier alpha value is -0.770. The second kappa shape index (κ2) is 4.30. The fourth-order valence-electron chi connectivity index (χ4n) is 0.827. The van der Waals surface area contributed by atoms with Crippen LogP contribution in [0, 0.1) is 0 Å². The van der Waals surface area contributed by atoms with Crippen LogP contribution in [0.1, 0.15) is 13.8 Å². The van der Waals surface area contributed by atoms with Gasteiger partial charge in [-0.05, 0) is 26.2 Å². The molecule has 3 nitrogen and oxygen atoms in total. The smallest absolute Gasteiger partial charge is 0.149 e. The summed E-state index contributed by atoms with van der Waals surface area (Å²) in [4.78, 5) is 1.13. The predicted molar refractivity (Wildman–Crippen MR) is 52.6 cm³/mol. The van der Waals surface area contributed by atoms with Gasteiger partial charge in [0.25, 0.3) is 0 Å². The van der Waals surface area contributed by atoms with Gasteiger partial charge in [-0.25, -0.2) is 0 Å². The molecule has 0 saturated heterocycles. The monoisotopic (exact) mass is 183 g/mol. The van der Waals surface area contributed by atoms with E-state index in [9.17, 15) is 0 Å². The summed E-state index contributed by atoms with van der Waals surface area (Å²) in [6.07, 6.45) is 3.78. The van der Waals surface area contributed by atoms with Crippen LogP contribution in [0.4, 0.5) is 5.82 Å². The quantitative estimate of drug-likeness (QED) is 0.727. The molecule has 0 aliphatic heterocycles. The standard InChI is InChI=1S/C8H13N3S/c1-6(2)10-8-4-7(12-3)5-9-11-8/h4-6H,1-3H3,(H,10,11). The molecule has 4 heteroatoms. The molecular formula is C8H13N3S. The van der Waals surface area contributed by atoms with Crippen molar-refractivity contribution in [2.45, 2.75) is 24.8 Å². The van der Waals surface area contributed by atoms with Gasteiger partial charge in [0, 0.05) is 10.9 Å². The van der Waals surface area contributed by atoms with Crippen LogP contribution in [-0.4, -0.2) is 22.5 Å². The van der Waals surface area contributed by atoms with Gasteiger partial charge in [0.05, 0.1) is 6.20 Å². The largest absolute Gasteiger partial charge is 0.366 e. The lowest BCUT2D eigenvalue weighted by molar-refractivity contribution is 0.868. The summed E-state index contributed by atoms with van der Waals surface area (Å²) in [6.45, 7) is 4.15. The topological polar surface area (TPSA) is 37.8 Å². The van der Waals surface area contributed by atoms with E-state index in [0.717, 1.165) is 10.7 Å². The molecule has 1 heterocycles. The van der Waals surface area contributed by atoms with Gasteiger partial charge in [-0.3, -0.25) is 0 Å². The van der Waals surface area contributed by atoms with Gasteiger partial charge in [0.2, 0.25) is 0 Å². The van der Waals surface area contributed by atoms with Crippen molar-refractivity contribution in [3.8, 4) is 0 Å². The van der Waals surface area contributed by atoms with Crippen molar-refractivity contribution in [3.05, 3.63) is 12.3 Å². The van der Waals surface area contributed by atoms with Crippen LogP contribution >= 0.6 is 11.8 Å². The lowest BCUT2D eigenvalue weighted by Gasteiger charge is -2.07. The molecule has 0 unspecified atom stereocenters. The molecule has 0 aromatic carbocycles. The van der Waals surface area contributed by atoms with Crippen LogP contribution in [0.5, 0.6) is 0 Å². The highest BCUT2D eigenvalue weighted by Gasteiger charge is 1.98. The highest BCUT2D eigenvalue weighted by Crippen LogP contribution is 2.15. The summed E-state index contributed by atoms with van der Waals surface area (Å²) in [5.41, 5.74) is 0. The van der Waals surface area contributed by atoms with Crippen molar-refractivity contribution in [2.24, 2.45) is 0 Å². The second-order valence-electron chi connectivity index (χ2n) is 2.78. The Morgan fingerprint density at radius 3 is 2.83 bits per heavy atom. The first-order valence-electron chi connectivity index (χ1n) is 3.85. The van der Waals surface area contributed by atoms with Gasteiger partial charge in [-0.15, -0.1) is 16.9 Å². The zero-order valence-electron chi connectivity index (χ0n) is 7.53. The lowest BCUT2D eigenvalue weighted by atomic mass is 10.4. The first-order valence-corrected chi connectivity index (χ1v) is 5.08. The molecular weight excluding hydrogens is 170 g/mol. The molecule has 1 N–H and O–H groups in total. The number of anilines is 1. The second-order valence-corrected chi connectivity index (χ2v) is 3.66. The van der Waals surface area contributed by atoms with Crippen LogP contribution in [0.15, 0.2) is 17.2 Å². The van der Waals surface area contributed by atoms with E-state index < -0.39 is 0 Å².